The maximum Gasteiger partial charge on any atom is 0.288 e. The molecule has 0 fully saturated rings. The summed E-state index contributed by atoms with van der Waals surface area (Å²) in [6.07, 6.45) is 0.176. The zero-order chi connectivity index (χ0) is 14.4. The lowest BCUT2D eigenvalue weighted by Crippen LogP contribution is -2.17. The summed E-state index contributed by atoms with van der Waals surface area (Å²) in [5.41, 5.74) is 1.30. The van der Waals surface area contributed by atoms with Crippen LogP contribution >= 0.6 is 0 Å². The van der Waals surface area contributed by atoms with E-state index in [1.54, 1.807) is 48.5 Å². The number of benzene rings is 2. The zero-order valence-corrected chi connectivity index (χ0v) is 10.5. The molecule has 0 aliphatic rings. The summed E-state index contributed by atoms with van der Waals surface area (Å²) in [6, 6.07) is 15.3. The van der Waals surface area contributed by atoms with Crippen LogP contribution in [-0.2, 0) is 9.59 Å². The van der Waals surface area contributed by atoms with E-state index in [-0.39, 0.29) is 12.2 Å². The van der Waals surface area contributed by atoms with Crippen LogP contribution in [0.4, 0.5) is 11.4 Å². The van der Waals surface area contributed by atoms with E-state index in [1.165, 1.54) is 0 Å². The van der Waals surface area contributed by atoms with Crippen LogP contribution in [0.2, 0.25) is 0 Å². The largest absolute Gasteiger partial charge is 0.320 e. The Hall–Kier alpha value is -2.95. The Morgan fingerprint density at radius 3 is 1.95 bits per heavy atom. The van der Waals surface area contributed by atoms with Gasteiger partial charge in [0.2, 0.25) is 6.29 Å². The summed E-state index contributed by atoms with van der Waals surface area (Å²) >= 11 is 0. The number of rotatable bonds is 4. The van der Waals surface area contributed by atoms with Gasteiger partial charge in [0.05, 0.1) is 11.4 Å². The van der Waals surface area contributed by atoms with E-state index in [4.69, 9.17) is 0 Å². The molecule has 2 N–H and O–H groups in total. The van der Waals surface area contributed by atoms with Crippen molar-refractivity contribution in [3.8, 4) is 0 Å². The molecule has 5 nitrogen and oxygen atoms in total. The smallest absolute Gasteiger partial charge is 0.288 e. The van der Waals surface area contributed by atoms with Gasteiger partial charge < -0.3 is 10.6 Å². The number of hydrogen-bond donors (Lipinski definition) is 2. The monoisotopic (exact) mass is 268 g/mol. The Bertz CT molecular complexity index is 639. The van der Waals surface area contributed by atoms with Gasteiger partial charge in [-0.25, -0.2) is 0 Å². The van der Waals surface area contributed by atoms with Crippen LogP contribution in [0.5, 0.6) is 0 Å². The highest BCUT2D eigenvalue weighted by molar-refractivity contribution is 6.30. The van der Waals surface area contributed by atoms with Crippen LogP contribution in [0.3, 0.4) is 0 Å². The Kier molecular flexibility index (Phi) is 4.24. The highest BCUT2D eigenvalue weighted by atomic mass is 16.2. The number of carbonyl (C=O) groups is 3. The van der Waals surface area contributed by atoms with Crippen LogP contribution < -0.4 is 10.6 Å². The van der Waals surface area contributed by atoms with Gasteiger partial charge in [-0.3, -0.25) is 14.4 Å². The average Bonchev–Trinajstić information content (AvgIpc) is 2.50. The molecule has 0 aliphatic heterocycles. The first-order valence-electron chi connectivity index (χ1n) is 5.92. The molecule has 0 radical (unpaired) electrons. The van der Waals surface area contributed by atoms with Crippen LogP contribution in [0.25, 0.3) is 0 Å². The summed E-state index contributed by atoms with van der Waals surface area (Å²) in [5, 5.41) is 5.08. The van der Waals surface area contributed by atoms with Gasteiger partial charge in [-0.1, -0.05) is 30.3 Å². The molecular weight excluding hydrogens is 256 g/mol. The molecule has 0 aromatic heterocycles. The highest BCUT2D eigenvalue weighted by Gasteiger charge is 2.09. The summed E-state index contributed by atoms with van der Waals surface area (Å²) in [6.45, 7) is 0. The highest BCUT2D eigenvalue weighted by Crippen LogP contribution is 2.21. The van der Waals surface area contributed by atoms with E-state index >= 15 is 0 Å². The molecule has 2 aromatic rings. The SMILES string of the molecule is O=CC(=O)Nc1ccccc1NC(=O)c1ccccc1. The quantitative estimate of drug-likeness (QED) is 0.658. The molecule has 5 heteroatoms. The number of amides is 2. The predicted octanol–water partition coefficient (Wildman–Crippen LogP) is 2.08. The zero-order valence-electron chi connectivity index (χ0n) is 10.5. The molecule has 2 rings (SSSR count). The Balaban J connectivity index is 2.19. The summed E-state index contributed by atoms with van der Waals surface area (Å²) < 4.78 is 0. The maximum atomic E-state index is 12.0. The Labute approximate surface area is 115 Å². The van der Waals surface area contributed by atoms with Crippen molar-refractivity contribution in [2.24, 2.45) is 0 Å². The molecule has 0 atom stereocenters. The van der Waals surface area contributed by atoms with E-state index in [9.17, 15) is 14.4 Å². The first kappa shape index (κ1) is 13.5. The first-order chi connectivity index (χ1) is 9.70. The molecule has 2 aromatic carbocycles. The number of para-hydroxylation sites is 2. The van der Waals surface area contributed by atoms with Crippen LogP contribution in [0.1, 0.15) is 10.4 Å². The van der Waals surface area contributed by atoms with Crippen LogP contribution in [-0.4, -0.2) is 18.1 Å². The number of hydrogen-bond acceptors (Lipinski definition) is 3. The minimum atomic E-state index is -0.772. The van der Waals surface area contributed by atoms with E-state index in [1.807, 2.05) is 6.07 Å². The van der Waals surface area contributed by atoms with Gasteiger partial charge >= 0.3 is 0 Å². The second-order valence-electron chi connectivity index (χ2n) is 3.97. The molecule has 100 valence electrons. The standard InChI is InChI=1S/C15H12N2O3/c18-10-14(19)16-12-8-4-5-9-13(12)17-15(20)11-6-2-1-3-7-11/h1-10H,(H,16,19)(H,17,20). The van der Waals surface area contributed by atoms with Gasteiger partial charge in [0.1, 0.15) is 0 Å². The fraction of sp³-hybridized carbons (Fsp3) is 0. The maximum absolute atomic E-state index is 12.0. The van der Waals surface area contributed by atoms with E-state index in [2.05, 4.69) is 10.6 Å². The van der Waals surface area contributed by atoms with Gasteiger partial charge in [-0.05, 0) is 24.3 Å². The third-order valence-electron chi connectivity index (χ3n) is 2.58. The number of aldehydes is 1. The van der Waals surface area contributed by atoms with Crippen molar-refractivity contribution in [3.05, 3.63) is 60.2 Å². The van der Waals surface area contributed by atoms with Crippen molar-refractivity contribution in [2.45, 2.75) is 0 Å². The predicted molar refractivity (Wildman–Crippen MR) is 75.5 cm³/mol. The minimum Gasteiger partial charge on any atom is -0.320 e. The van der Waals surface area contributed by atoms with Crippen molar-refractivity contribution < 1.29 is 14.4 Å². The van der Waals surface area contributed by atoms with Crippen LogP contribution in [0, 0.1) is 0 Å². The molecule has 0 spiro atoms. The number of carbonyl (C=O) groups excluding carboxylic acids is 3. The van der Waals surface area contributed by atoms with Crippen molar-refractivity contribution in [3.63, 3.8) is 0 Å². The molecule has 20 heavy (non-hydrogen) atoms. The van der Waals surface area contributed by atoms with Crippen LogP contribution in [0.15, 0.2) is 54.6 Å². The van der Waals surface area contributed by atoms with Gasteiger partial charge in [-0.15, -0.1) is 0 Å². The lowest BCUT2D eigenvalue weighted by atomic mass is 10.2. The van der Waals surface area contributed by atoms with Gasteiger partial charge in [0, 0.05) is 5.56 Å². The van der Waals surface area contributed by atoms with Gasteiger partial charge in [0.15, 0.2) is 0 Å². The summed E-state index contributed by atoms with van der Waals surface area (Å²) in [7, 11) is 0. The van der Waals surface area contributed by atoms with E-state index in [0.29, 0.717) is 16.9 Å². The molecule has 0 bridgehead atoms. The van der Waals surface area contributed by atoms with E-state index < -0.39 is 5.91 Å². The topological polar surface area (TPSA) is 75.3 Å². The van der Waals surface area contributed by atoms with Crippen molar-refractivity contribution in [1.82, 2.24) is 0 Å². The normalized spacial score (nSPS) is 9.60. The molecule has 0 saturated carbocycles. The second kappa shape index (κ2) is 6.29. The van der Waals surface area contributed by atoms with Crippen molar-refractivity contribution in [1.29, 1.82) is 0 Å². The Morgan fingerprint density at radius 2 is 1.35 bits per heavy atom. The molecule has 2 amide bonds. The lowest BCUT2D eigenvalue weighted by Gasteiger charge is -2.10. The summed E-state index contributed by atoms with van der Waals surface area (Å²) in [5.74, 6) is -1.06. The average molecular weight is 268 g/mol. The second-order valence-corrected chi connectivity index (χ2v) is 3.97. The molecule has 0 saturated heterocycles. The third-order valence-corrected chi connectivity index (χ3v) is 2.58. The fourth-order valence-electron chi connectivity index (χ4n) is 1.65. The molecule has 0 unspecified atom stereocenters. The number of nitrogens with one attached hydrogen (secondary N) is 2. The Morgan fingerprint density at radius 1 is 0.800 bits per heavy atom. The minimum absolute atomic E-state index is 0.176. The van der Waals surface area contributed by atoms with Gasteiger partial charge in [0.25, 0.3) is 11.8 Å². The van der Waals surface area contributed by atoms with Gasteiger partial charge in [-0.2, -0.15) is 0 Å². The van der Waals surface area contributed by atoms with Crippen molar-refractivity contribution in [2.75, 3.05) is 10.6 Å². The fourth-order valence-corrected chi connectivity index (χ4v) is 1.65. The molecule has 0 heterocycles. The van der Waals surface area contributed by atoms with E-state index in [0.717, 1.165) is 0 Å². The lowest BCUT2D eigenvalue weighted by molar-refractivity contribution is -0.127. The number of anilines is 2. The first-order valence-corrected chi connectivity index (χ1v) is 5.92. The third kappa shape index (κ3) is 3.29. The molecular formula is C15H12N2O3. The molecule has 0 aliphatic carbocycles. The summed E-state index contributed by atoms with van der Waals surface area (Å²) in [4.78, 5) is 33.5. The van der Waals surface area contributed by atoms with Crippen molar-refractivity contribution >= 4 is 29.5 Å².